The first-order valence-electron chi connectivity index (χ1n) is 8.00. The monoisotopic (exact) mass is 265 g/mol. The molecular formula is C15H27N3O. The van der Waals surface area contributed by atoms with Gasteiger partial charge in [0.2, 0.25) is 5.91 Å². The third kappa shape index (κ3) is 2.95. The molecule has 108 valence electrons. The van der Waals surface area contributed by atoms with E-state index in [1.54, 1.807) is 0 Å². The Balaban J connectivity index is 1.55. The fraction of sp³-hybridized carbons (Fsp3) is 0.933. The van der Waals surface area contributed by atoms with Crippen LogP contribution in [0.5, 0.6) is 0 Å². The SMILES string of the molecule is CC1CCC(C(=O)N2CCN3CCCCC3C2)CN1. The lowest BCUT2D eigenvalue weighted by Crippen LogP contribution is -2.58. The minimum absolute atomic E-state index is 0.228. The molecule has 3 aliphatic rings. The zero-order valence-electron chi connectivity index (χ0n) is 12.1. The van der Waals surface area contributed by atoms with E-state index in [0.717, 1.165) is 39.0 Å². The molecule has 0 aromatic carbocycles. The van der Waals surface area contributed by atoms with Gasteiger partial charge in [0, 0.05) is 38.3 Å². The molecule has 3 saturated heterocycles. The van der Waals surface area contributed by atoms with Crippen LogP contribution in [0, 0.1) is 5.92 Å². The summed E-state index contributed by atoms with van der Waals surface area (Å²) in [6.45, 7) is 7.35. The van der Waals surface area contributed by atoms with Gasteiger partial charge in [0.15, 0.2) is 0 Å². The Labute approximate surface area is 116 Å². The molecule has 4 nitrogen and oxygen atoms in total. The fourth-order valence-corrected chi connectivity index (χ4v) is 3.82. The van der Waals surface area contributed by atoms with E-state index in [2.05, 4.69) is 22.0 Å². The molecule has 0 bridgehead atoms. The molecular weight excluding hydrogens is 238 g/mol. The molecule has 3 heterocycles. The highest BCUT2D eigenvalue weighted by molar-refractivity contribution is 5.79. The van der Waals surface area contributed by atoms with Crippen LogP contribution in [0.2, 0.25) is 0 Å². The van der Waals surface area contributed by atoms with Gasteiger partial charge in [0.25, 0.3) is 0 Å². The number of hydrogen-bond acceptors (Lipinski definition) is 3. The topological polar surface area (TPSA) is 35.6 Å². The van der Waals surface area contributed by atoms with Gasteiger partial charge in [-0.3, -0.25) is 9.69 Å². The number of carbonyl (C=O) groups excluding carboxylic acids is 1. The molecule has 0 saturated carbocycles. The normalized spacial score (nSPS) is 36.9. The highest BCUT2D eigenvalue weighted by Crippen LogP contribution is 2.23. The lowest BCUT2D eigenvalue weighted by molar-refractivity contribution is -0.139. The van der Waals surface area contributed by atoms with Crippen molar-refractivity contribution in [1.82, 2.24) is 15.1 Å². The molecule has 0 aliphatic carbocycles. The molecule has 0 spiro atoms. The van der Waals surface area contributed by atoms with Crippen LogP contribution in [0.15, 0.2) is 0 Å². The lowest BCUT2D eigenvalue weighted by atomic mass is 9.93. The maximum Gasteiger partial charge on any atom is 0.227 e. The molecule has 3 rings (SSSR count). The van der Waals surface area contributed by atoms with Gasteiger partial charge in [0.1, 0.15) is 0 Å². The maximum atomic E-state index is 12.6. The smallest absolute Gasteiger partial charge is 0.227 e. The van der Waals surface area contributed by atoms with E-state index in [9.17, 15) is 4.79 Å². The van der Waals surface area contributed by atoms with Crippen molar-refractivity contribution < 1.29 is 4.79 Å². The van der Waals surface area contributed by atoms with E-state index in [4.69, 9.17) is 0 Å². The van der Waals surface area contributed by atoms with E-state index in [0.29, 0.717) is 18.0 Å². The van der Waals surface area contributed by atoms with Crippen LogP contribution in [0.1, 0.15) is 39.0 Å². The summed E-state index contributed by atoms with van der Waals surface area (Å²) in [6.07, 6.45) is 6.17. The second-order valence-corrected chi connectivity index (χ2v) is 6.55. The Hall–Kier alpha value is -0.610. The Morgan fingerprint density at radius 3 is 2.79 bits per heavy atom. The molecule has 3 fully saturated rings. The summed E-state index contributed by atoms with van der Waals surface area (Å²) in [4.78, 5) is 17.3. The quantitative estimate of drug-likeness (QED) is 0.770. The first kappa shape index (κ1) is 13.4. The van der Waals surface area contributed by atoms with Gasteiger partial charge in [-0.2, -0.15) is 0 Å². The second-order valence-electron chi connectivity index (χ2n) is 6.55. The van der Waals surface area contributed by atoms with Gasteiger partial charge < -0.3 is 10.2 Å². The van der Waals surface area contributed by atoms with Gasteiger partial charge in [-0.25, -0.2) is 0 Å². The summed E-state index contributed by atoms with van der Waals surface area (Å²) < 4.78 is 0. The summed E-state index contributed by atoms with van der Waals surface area (Å²) in [5.41, 5.74) is 0. The molecule has 1 amide bonds. The fourth-order valence-electron chi connectivity index (χ4n) is 3.82. The van der Waals surface area contributed by atoms with Gasteiger partial charge >= 0.3 is 0 Å². The summed E-state index contributed by atoms with van der Waals surface area (Å²) in [5, 5.41) is 3.45. The number of piperazine rings is 1. The van der Waals surface area contributed by atoms with E-state index in [-0.39, 0.29) is 5.92 Å². The maximum absolute atomic E-state index is 12.6. The standard InChI is InChI=1S/C15H27N3O/c1-12-5-6-13(10-16-12)15(19)18-9-8-17-7-3-2-4-14(17)11-18/h12-14,16H,2-11H2,1H3. The molecule has 3 aliphatic heterocycles. The zero-order chi connectivity index (χ0) is 13.2. The minimum atomic E-state index is 0.228. The van der Waals surface area contributed by atoms with Gasteiger partial charge in [0.05, 0.1) is 5.92 Å². The number of nitrogens with zero attached hydrogens (tertiary/aromatic N) is 2. The Morgan fingerprint density at radius 2 is 2.00 bits per heavy atom. The summed E-state index contributed by atoms with van der Waals surface area (Å²) in [6, 6.07) is 1.22. The van der Waals surface area contributed by atoms with Crippen molar-refractivity contribution in [2.45, 2.75) is 51.1 Å². The van der Waals surface area contributed by atoms with Crippen LogP contribution >= 0.6 is 0 Å². The predicted octanol–water partition coefficient (Wildman–Crippen LogP) is 1.07. The number of nitrogens with one attached hydrogen (secondary N) is 1. The Morgan fingerprint density at radius 1 is 1.11 bits per heavy atom. The van der Waals surface area contributed by atoms with Gasteiger partial charge in [-0.1, -0.05) is 6.42 Å². The van der Waals surface area contributed by atoms with Crippen LogP contribution in [0.25, 0.3) is 0 Å². The summed E-state index contributed by atoms with van der Waals surface area (Å²) >= 11 is 0. The van der Waals surface area contributed by atoms with Crippen LogP contribution in [0.3, 0.4) is 0 Å². The average molecular weight is 265 g/mol. The first-order valence-corrected chi connectivity index (χ1v) is 8.00. The second kappa shape index (κ2) is 5.80. The van der Waals surface area contributed by atoms with Crippen molar-refractivity contribution in [3.63, 3.8) is 0 Å². The first-order chi connectivity index (χ1) is 9.24. The van der Waals surface area contributed by atoms with Gasteiger partial charge in [-0.05, 0) is 39.2 Å². The molecule has 0 radical (unpaired) electrons. The third-order valence-corrected chi connectivity index (χ3v) is 5.16. The Kier molecular flexibility index (Phi) is 4.08. The highest BCUT2D eigenvalue weighted by Gasteiger charge is 2.34. The van der Waals surface area contributed by atoms with Crippen molar-refractivity contribution >= 4 is 5.91 Å². The van der Waals surface area contributed by atoms with Crippen LogP contribution in [0.4, 0.5) is 0 Å². The van der Waals surface area contributed by atoms with Crippen molar-refractivity contribution in [2.24, 2.45) is 5.92 Å². The van der Waals surface area contributed by atoms with Crippen molar-refractivity contribution in [3.8, 4) is 0 Å². The number of amides is 1. The third-order valence-electron chi connectivity index (χ3n) is 5.16. The molecule has 1 N–H and O–H groups in total. The summed E-state index contributed by atoms with van der Waals surface area (Å²) in [7, 11) is 0. The molecule has 0 aromatic heterocycles. The van der Waals surface area contributed by atoms with Crippen LogP contribution in [-0.2, 0) is 4.79 Å². The predicted molar refractivity (Wildman–Crippen MR) is 76.0 cm³/mol. The number of piperidine rings is 2. The van der Waals surface area contributed by atoms with Crippen LogP contribution in [-0.4, -0.2) is 60.5 Å². The summed E-state index contributed by atoms with van der Waals surface area (Å²) in [5.74, 6) is 0.635. The van der Waals surface area contributed by atoms with Crippen molar-refractivity contribution in [2.75, 3.05) is 32.7 Å². The van der Waals surface area contributed by atoms with E-state index in [1.807, 2.05) is 0 Å². The number of rotatable bonds is 1. The molecule has 19 heavy (non-hydrogen) atoms. The molecule has 3 unspecified atom stereocenters. The highest BCUT2D eigenvalue weighted by atomic mass is 16.2. The molecule has 0 aromatic rings. The van der Waals surface area contributed by atoms with E-state index < -0.39 is 0 Å². The number of carbonyl (C=O) groups is 1. The molecule has 4 heteroatoms. The lowest BCUT2D eigenvalue weighted by Gasteiger charge is -2.45. The van der Waals surface area contributed by atoms with Crippen molar-refractivity contribution in [1.29, 1.82) is 0 Å². The number of fused-ring (bicyclic) bond motifs is 1. The average Bonchev–Trinajstić information content (AvgIpc) is 2.47. The van der Waals surface area contributed by atoms with Crippen LogP contribution < -0.4 is 5.32 Å². The number of hydrogen-bond donors (Lipinski definition) is 1. The van der Waals surface area contributed by atoms with E-state index in [1.165, 1.54) is 25.8 Å². The van der Waals surface area contributed by atoms with E-state index >= 15 is 0 Å². The minimum Gasteiger partial charge on any atom is -0.340 e. The largest absolute Gasteiger partial charge is 0.340 e. The Bertz CT molecular complexity index is 325. The van der Waals surface area contributed by atoms with Gasteiger partial charge in [-0.15, -0.1) is 0 Å². The van der Waals surface area contributed by atoms with Crippen molar-refractivity contribution in [3.05, 3.63) is 0 Å². The molecule has 3 atom stereocenters. The zero-order valence-corrected chi connectivity index (χ0v) is 12.1.